The van der Waals surface area contributed by atoms with Crippen LogP contribution in [0.3, 0.4) is 0 Å². The van der Waals surface area contributed by atoms with Crippen LogP contribution in [0.1, 0.15) is 24.3 Å². The highest BCUT2D eigenvalue weighted by Crippen LogP contribution is 2.30. The summed E-state index contributed by atoms with van der Waals surface area (Å²) < 4.78 is 0.138. The van der Waals surface area contributed by atoms with E-state index in [9.17, 15) is 4.79 Å². The Bertz CT molecular complexity index is 430. The van der Waals surface area contributed by atoms with Gasteiger partial charge in [-0.2, -0.15) is 11.8 Å². The maximum atomic E-state index is 12.3. The summed E-state index contributed by atoms with van der Waals surface area (Å²) in [6.45, 7) is 5.94. The number of nitrogens with one attached hydrogen (secondary N) is 1. The van der Waals surface area contributed by atoms with Crippen LogP contribution >= 0.6 is 11.8 Å². The summed E-state index contributed by atoms with van der Waals surface area (Å²) in [6, 6.07) is 3.66. The molecule has 2 heterocycles. The summed E-state index contributed by atoms with van der Waals surface area (Å²) in [5.74, 6) is 1.03. The van der Waals surface area contributed by atoms with E-state index in [1.54, 1.807) is 12.3 Å². The number of rotatable bonds is 2. The van der Waals surface area contributed by atoms with Crippen molar-refractivity contribution < 1.29 is 4.79 Å². The topological polar surface area (TPSA) is 45.2 Å². The lowest BCUT2D eigenvalue weighted by Gasteiger charge is -2.37. The second-order valence-electron chi connectivity index (χ2n) is 5.02. The summed E-state index contributed by atoms with van der Waals surface area (Å²) >= 11 is 1.92. The molecule has 1 fully saturated rings. The molecule has 2 rings (SSSR count). The molecular formula is C13H19N3OS. The van der Waals surface area contributed by atoms with Crippen LogP contribution in [0, 0.1) is 0 Å². The van der Waals surface area contributed by atoms with Crippen molar-refractivity contribution in [1.82, 2.24) is 9.88 Å². The van der Waals surface area contributed by atoms with Gasteiger partial charge in [-0.15, -0.1) is 0 Å². The fourth-order valence-electron chi connectivity index (χ4n) is 2.02. The zero-order valence-electron chi connectivity index (χ0n) is 11.1. The van der Waals surface area contributed by atoms with Crippen LogP contribution in [0.2, 0.25) is 0 Å². The van der Waals surface area contributed by atoms with Gasteiger partial charge in [-0.25, -0.2) is 4.98 Å². The third-order valence-electron chi connectivity index (χ3n) is 2.98. The number of carbonyl (C=O) groups excluding carboxylic acids is 1. The van der Waals surface area contributed by atoms with E-state index in [0.717, 1.165) is 24.5 Å². The van der Waals surface area contributed by atoms with Crippen LogP contribution in [-0.2, 0) is 0 Å². The number of hydrogen-bond donors (Lipinski definition) is 1. The van der Waals surface area contributed by atoms with Crippen molar-refractivity contribution in [3.63, 3.8) is 0 Å². The Balaban J connectivity index is 2.10. The van der Waals surface area contributed by atoms with Gasteiger partial charge in [0.15, 0.2) is 0 Å². The van der Waals surface area contributed by atoms with Gasteiger partial charge in [-0.3, -0.25) is 4.79 Å². The molecule has 0 spiro atoms. The maximum absolute atomic E-state index is 12.3. The smallest absolute Gasteiger partial charge is 0.272 e. The monoisotopic (exact) mass is 265 g/mol. The minimum absolute atomic E-state index is 0.0334. The van der Waals surface area contributed by atoms with Crippen LogP contribution in [0.4, 0.5) is 5.69 Å². The van der Waals surface area contributed by atoms with Crippen molar-refractivity contribution in [2.75, 3.05) is 31.2 Å². The van der Waals surface area contributed by atoms with Crippen LogP contribution in [0.5, 0.6) is 0 Å². The Morgan fingerprint density at radius 3 is 2.83 bits per heavy atom. The van der Waals surface area contributed by atoms with Gasteiger partial charge in [0.2, 0.25) is 0 Å². The molecule has 0 saturated carbocycles. The highest BCUT2D eigenvalue weighted by atomic mass is 32.2. The summed E-state index contributed by atoms with van der Waals surface area (Å²) in [4.78, 5) is 18.4. The van der Waals surface area contributed by atoms with E-state index in [1.165, 1.54) is 0 Å². The molecule has 0 aliphatic carbocycles. The van der Waals surface area contributed by atoms with E-state index in [1.807, 2.05) is 29.8 Å². The van der Waals surface area contributed by atoms with Crippen molar-refractivity contribution >= 4 is 23.4 Å². The fourth-order valence-corrected chi connectivity index (χ4v) is 3.13. The molecular weight excluding hydrogens is 246 g/mol. The Kier molecular flexibility index (Phi) is 3.80. The Morgan fingerprint density at radius 2 is 2.28 bits per heavy atom. The second-order valence-corrected chi connectivity index (χ2v) is 6.82. The van der Waals surface area contributed by atoms with Crippen molar-refractivity contribution in [3.05, 3.63) is 24.0 Å². The molecule has 5 heteroatoms. The van der Waals surface area contributed by atoms with E-state index in [2.05, 4.69) is 24.1 Å². The third kappa shape index (κ3) is 2.96. The molecule has 0 atom stereocenters. The average molecular weight is 265 g/mol. The normalized spacial score (nSPS) is 18.5. The molecule has 4 nitrogen and oxygen atoms in total. The zero-order chi connectivity index (χ0) is 13.2. The molecule has 1 aromatic rings. The van der Waals surface area contributed by atoms with Crippen molar-refractivity contribution in [2.45, 2.75) is 18.6 Å². The molecule has 0 unspecified atom stereocenters. The molecule has 1 N–H and O–H groups in total. The zero-order valence-corrected chi connectivity index (χ0v) is 11.9. The Morgan fingerprint density at radius 1 is 1.50 bits per heavy atom. The number of carbonyl (C=O) groups is 1. The maximum Gasteiger partial charge on any atom is 0.272 e. The highest BCUT2D eigenvalue weighted by Gasteiger charge is 2.30. The molecule has 98 valence electrons. The summed E-state index contributed by atoms with van der Waals surface area (Å²) in [5.41, 5.74) is 1.44. The number of nitrogens with zero attached hydrogens (tertiary/aromatic N) is 2. The molecule has 0 aromatic carbocycles. The molecule has 1 aromatic heterocycles. The van der Waals surface area contributed by atoms with Crippen molar-refractivity contribution in [1.29, 1.82) is 0 Å². The lowest BCUT2D eigenvalue weighted by Crippen LogP contribution is -2.46. The van der Waals surface area contributed by atoms with Crippen LogP contribution in [0.15, 0.2) is 18.3 Å². The van der Waals surface area contributed by atoms with E-state index >= 15 is 0 Å². The van der Waals surface area contributed by atoms with Crippen LogP contribution < -0.4 is 5.32 Å². The predicted molar refractivity (Wildman–Crippen MR) is 76.2 cm³/mol. The van der Waals surface area contributed by atoms with Gasteiger partial charge in [0.1, 0.15) is 5.69 Å². The summed E-state index contributed by atoms with van der Waals surface area (Å²) in [6.07, 6.45) is 1.69. The first-order chi connectivity index (χ1) is 8.52. The van der Waals surface area contributed by atoms with Gasteiger partial charge in [0, 0.05) is 30.6 Å². The average Bonchev–Trinajstić information content (AvgIpc) is 2.37. The van der Waals surface area contributed by atoms with E-state index in [4.69, 9.17) is 0 Å². The number of aromatic nitrogens is 1. The van der Waals surface area contributed by atoms with Crippen molar-refractivity contribution in [2.24, 2.45) is 0 Å². The standard InChI is InChI=1S/C13H19N3OS/c1-13(2)9-16(6-7-18-13)12(17)11-5-4-10(14-3)8-15-11/h4-5,8,14H,6-7,9H2,1-3H3. The van der Waals surface area contributed by atoms with Gasteiger partial charge < -0.3 is 10.2 Å². The first-order valence-electron chi connectivity index (χ1n) is 6.09. The minimum Gasteiger partial charge on any atom is -0.387 e. The molecule has 0 radical (unpaired) electrons. The van der Waals surface area contributed by atoms with E-state index in [-0.39, 0.29) is 10.7 Å². The molecule has 0 bridgehead atoms. The SMILES string of the molecule is CNc1ccc(C(=O)N2CCSC(C)(C)C2)nc1. The first kappa shape index (κ1) is 13.2. The number of anilines is 1. The lowest BCUT2D eigenvalue weighted by molar-refractivity contribution is 0.0742. The summed E-state index contributed by atoms with van der Waals surface area (Å²) in [7, 11) is 1.84. The molecule has 1 amide bonds. The number of pyridine rings is 1. The Labute approximate surface area is 112 Å². The van der Waals surface area contributed by atoms with E-state index < -0.39 is 0 Å². The minimum atomic E-state index is 0.0334. The van der Waals surface area contributed by atoms with Crippen LogP contribution in [0.25, 0.3) is 0 Å². The van der Waals surface area contributed by atoms with Crippen molar-refractivity contribution in [3.8, 4) is 0 Å². The molecule has 18 heavy (non-hydrogen) atoms. The van der Waals surface area contributed by atoms with Gasteiger partial charge in [-0.05, 0) is 26.0 Å². The predicted octanol–water partition coefficient (Wildman–Crippen LogP) is 2.09. The van der Waals surface area contributed by atoms with Gasteiger partial charge in [0.05, 0.1) is 11.9 Å². The fraction of sp³-hybridized carbons (Fsp3) is 0.538. The number of thioether (sulfide) groups is 1. The summed E-state index contributed by atoms with van der Waals surface area (Å²) in [5, 5.41) is 2.99. The molecule has 1 aliphatic rings. The molecule has 1 aliphatic heterocycles. The van der Waals surface area contributed by atoms with Gasteiger partial charge in [-0.1, -0.05) is 0 Å². The second kappa shape index (κ2) is 5.18. The highest BCUT2D eigenvalue weighted by molar-refractivity contribution is 8.00. The van der Waals surface area contributed by atoms with Crippen LogP contribution in [-0.4, -0.2) is 46.4 Å². The van der Waals surface area contributed by atoms with Gasteiger partial charge in [0.25, 0.3) is 5.91 Å². The van der Waals surface area contributed by atoms with Gasteiger partial charge >= 0.3 is 0 Å². The third-order valence-corrected chi connectivity index (χ3v) is 4.28. The Hall–Kier alpha value is -1.23. The first-order valence-corrected chi connectivity index (χ1v) is 7.07. The lowest BCUT2D eigenvalue weighted by atomic mass is 10.1. The number of hydrogen-bond acceptors (Lipinski definition) is 4. The number of amides is 1. The quantitative estimate of drug-likeness (QED) is 0.889. The largest absolute Gasteiger partial charge is 0.387 e. The van der Waals surface area contributed by atoms with E-state index in [0.29, 0.717) is 5.69 Å². The molecule has 1 saturated heterocycles.